The van der Waals surface area contributed by atoms with Gasteiger partial charge in [-0.1, -0.05) is 18.2 Å². The van der Waals surface area contributed by atoms with E-state index >= 15 is 0 Å². The molecule has 1 heterocycles. The zero-order valence-electron chi connectivity index (χ0n) is 12.9. The highest BCUT2D eigenvalue weighted by Crippen LogP contribution is 2.25. The molecule has 0 unspecified atom stereocenters. The number of pyridine rings is 1. The second-order valence-electron chi connectivity index (χ2n) is 5.43. The van der Waals surface area contributed by atoms with Crippen molar-refractivity contribution in [3.8, 4) is 5.88 Å². The molecule has 0 aliphatic heterocycles. The fourth-order valence-corrected chi connectivity index (χ4v) is 2.49. The molecule has 0 saturated heterocycles. The van der Waals surface area contributed by atoms with Crippen LogP contribution in [0.3, 0.4) is 0 Å². The van der Waals surface area contributed by atoms with Crippen molar-refractivity contribution in [2.24, 2.45) is 0 Å². The molecule has 2 aromatic carbocycles. The van der Waals surface area contributed by atoms with Crippen LogP contribution >= 0.6 is 0 Å². The molecule has 1 amide bonds. The summed E-state index contributed by atoms with van der Waals surface area (Å²) in [6, 6.07) is 9.71. The number of fused-ring (bicyclic) bond motifs is 1. The molecule has 0 aliphatic carbocycles. The van der Waals surface area contributed by atoms with Crippen LogP contribution in [0, 0.1) is 5.82 Å². The molecule has 128 valence electrons. The summed E-state index contributed by atoms with van der Waals surface area (Å²) in [4.78, 5) is 24.5. The van der Waals surface area contributed by atoms with Gasteiger partial charge in [-0.05, 0) is 29.8 Å². The summed E-state index contributed by atoms with van der Waals surface area (Å²) in [7, 11) is 0. The van der Waals surface area contributed by atoms with Crippen LogP contribution < -0.4 is 16.6 Å². The van der Waals surface area contributed by atoms with Crippen molar-refractivity contribution in [2.75, 3.05) is 5.73 Å². The summed E-state index contributed by atoms with van der Waals surface area (Å²) in [5.74, 6) is -1.98. The summed E-state index contributed by atoms with van der Waals surface area (Å²) in [5.41, 5.74) is 5.38. The van der Waals surface area contributed by atoms with E-state index in [1.54, 1.807) is 0 Å². The Morgan fingerprint density at radius 3 is 2.52 bits per heavy atom. The number of carbonyl (C=O) groups is 1. The van der Waals surface area contributed by atoms with Crippen LogP contribution in [-0.4, -0.2) is 21.0 Å². The third-order valence-corrected chi connectivity index (χ3v) is 3.75. The number of hydrogen-bond donors (Lipinski definition) is 4. The molecule has 0 saturated carbocycles. The lowest BCUT2D eigenvalue weighted by atomic mass is 10.1. The number of anilines is 1. The summed E-state index contributed by atoms with van der Waals surface area (Å²) in [6.07, 6.45) is 0. The van der Waals surface area contributed by atoms with E-state index in [9.17, 15) is 24.3 Å². The molecule has 1 aromatic heterocycles. The smallest absolute Gasteiger partial charge is 0.294 e. The van der Waals surface area contributed by atoms with Gasteiger partial charge in [0, 0.05) is 17.6 Å². The standard InChI is InChI=1S/C17H14FN3O4/c18-10-3-1-9(2-4-10)8-20-15(22)14-12-6-5-11(19)7-13(12)16(23)21(25)17(14)24/h1-7,24-25H,8,19H2,(H,20,22). The molecule has 0 fully saturated rings. The van der Waals surface area contributed by atoms with E-state index in [0.717, 1.165) is 0 Å². The average Bonchev–Trinajstić information content (AvgIpc) is 2.60. The van der Waals surface area contributed by atoms with Gasteiger partial charge in [-0.25, -0.2) is 4.39 Å². The minimum absolute atomic E-state index is 0.00538. The third-order valence-electron chi connectivity index (χ3n) is 3.75. The molecule has 25 heavy (non-hydrogen) atoms. The molecule has 0 bridgehead atoms. The van der Waals surface area contributed by atoms with Crippen LogP contribution in [0.25, 0.3) is 10.8 Å². The second kappa shape index (κ2) is 6.16. The Kier molecular flexibility index (Phi) is 4.02. The number of hydrogen-bond acceptors (Lipinski definition) is 5. The average molecular weight is 343 g/mol. The van der Waals surface area contributed by atoms with E-state index in [4.69, 9.17) is 5.73 Å². The normalized spacial score (nSPS) is 10.8. The number of aromatic hydroxyl groups is 1. The van der Waals surface area contributed by atoms with Gasteiger partial charge in [0.15, 0.2) is 0 Å². The highest BCUT2D eigenvalue weighted by molar-refractivity contribution is 6.09. The van der Waals surface area contributed by atoms with E-state index in [-0.39, 0.29) is 33.3 Å². The zero-order chi connectivity index (χ0) is 18.1. The van der Waals surface area contributed by atoms with Crippen LogP contribution in [0.2, 0.25) is 0 Å². The number of nitrogen functional groups attached to an aromatic ring is 1. The number of amides is 1. The molecular weight excluding hydrogens is 329 g/mol. The Hall–Kier alpha value is -3.55. The lowest BCUT2D eigenvalue weighted by Crippen LogP contribution is -2.27. The second-order valence-corrected chi connectivity index (χ2v) is 5.43. The first kappa shape index (κ1) is 16.3. The van der Waals surface area contributed by atoms with Crippen LogP contribution in [0.5, 0.6) is 5.88 Å². The van der Waals surface area contributed by atoms with Gasteiger partial charge >= 0.3 is 0 Å². The summed E-state index contributed by atoms with van der Waals surface area (Å²) in [5, 5.41) is 22.4. The maximum absolute atomic E-state index is 12.9. The van der Waals surface area contributed by atoms with E-state index in [1.807, 2.05) is 0 Å². The van der Waals surface area contributed by atoms with Gasteiger partial charge in [-0.2, -0.15) is 0 Å². The number of carbonyl (C=O) groups excluding carboxylic acids is 1. The van der Waals surface area contributed by atoms with Gasteiger partial charge < -0.3 is 21.4 Å². The van der Waals surface area contributed by atoms with Crippen molar-refractivity contribution in [2.45, 2.75) is 6.54 Å². The highest BCUT2D eigenvalue weighted by atomic mass is 19.1. The maximum atomic E-state index is 12.9. The Labute approximate surface area is 140 Å². The van der Waals surface area contributed by atoms with E-state index in [0.29, 0.717) is 5.56 Å². The summed E-state index contributed by atoms with van der Waals surface area (Å²) in [6.45, 7) is 0.0690. The van der Waals surface area contributed by atoms with Crippen molar-refractivity contribution >= 4 is 22.4 Å². The number of nitrogens with zero attached hydrogens (tertiary/aromatic N) is 1. The Balaban J connectivity index is 2.01. The fourth-order valence-electron chi connectivity index (χ4n) is 2.49. The molecule has 8 heteroatoms. The largest absolute Gasteiger partial charge is 0.492 e. The molecule has 0 aliphatic rings. The first-order valence-electron chi connectivity index (χ1n) is 7.27. The number of nitrogens with one attached hydrogen (secondary N) is 1. The van der Waals surface area contributed by atoms with Crippen molar-refractivity contribution in [1.82, 2.24) is 10.0 Å². The molecule has 0 spiro atoms. The summed E-state index contributed by atoms with van der Waals surface area (Å²) >= 11 is 0. The highest BCUT2D eigenvalue weighted by Gasteiger charge is 2.21. The minimum atomic E-state index is -0.894. The Morgan fingerprint density at radius 1 is 1.16 bits per heavy atom. The zero-order valence-corrected chi connectivity index (χ0v) is 12.9. The lowest BCUT2D eigenvalue weighted by molar-refractivity contribution is 0.0935. The predicted octanol–water partition coefficient (Wildman–Crippen LogP) is 1.60. The van der Waals surface area contributed by atoms with E-state index in [1.165, 1.54) is 42.5 Å². The number of nitrogens with two attached hydrogens (primary N) is 1. The maximum Gasteiger partial charge on any atom is 0.294 e. The minimum Gasteiger partial charge on any atom is -0.492 e. The van der Waals surface area contributed by atoms with Crippen molar-refractivity contribution in [3.63, 3.8) is 0 Å². The van der Waals surface area contributed by atoms with Crippen molar-refractivity contribution < 1.29 is 19.5 Å². The first-order chi connectivity index (χ1) is 11.9. The molecule has 0 radical (unpaired) electrons. The van der Waals surface area contributed by atoms with E-state index < -0.39 is 23.2 Å². The topological polar surface area (TPSA) is 118 Å². The van der Waals surface area contributed by atoms with Gasteiger partial charge in [0.25, 0.3) is 11.5 Å². The van der Waals surface area contributed by atoms with E-state index in [2.05, 4.69) is 5.32 Å². The van der Waals surface area contributed by atoms with Gasteiger partial charge in [0.05, 0.1) is 5.39 Å². The Bertz CT molecular complexity index is 1030. The van der Waals surface area contributed by atoms with Crippen molar-refractivity contribution in [3.05, 3.63) is 69.8 Å². The monoisotopic (exact) mass is 343 g/mol. The van der Waals surface area contributed by atoms with Crippen LogP contribution in [0.1, 0.15) is 15.9 Å². The molecule has 5 N–H and O–H groups in total. The lowest BCUT2D eigenvalue weighted by Gasteiger charge is -2.12. The molecular formula is C17H14FN3O4. The number of aromatic nitrogens is 1. The summed E-state index contributed by atoms with van der Waals surface area (Å²) < 4.78 is 12.9. The first-order valence-corrected chi connectivity index (χ1v) is 7.27. The van der Waals surface area contributed by atoms with Gasteiger partial charge in [0.1, 0.15) is 11.4 Å². The third kappa shape index (κ3) is 2.97. The number of halogens is 1. The van der Waals surface area contributed by atoms with Gasteiger partial charge in [-0.15, -0.1) is 4.73 Å². The number of rotatable bonds is 3. The molecule has 7 nitrogen and oxygen atoms in total. The van der Waals surface area contributed by atoms with Crippen LogP contribution in [0.15, 0.2) is 47.3 Å². The quantitative estimate of drug-likeness (QED) is 0.426. The number of benzene rings is 2. The molecule has 0 atom stereocenters. The predicted molar refractivity (Wildman–Crippen MR) is 89.0 cm³/mol. The van der Waals surface area contributed by atoms with Crippen LogP contribution in [0.4, 0.5) is 10.1 Å². The van der Waals surface area contributed by atoms with Crippen LogP contribution in [-0.2, 0) is 6.54 Å². The van der Waals surface area contributed by atoms with Crippen molar-refractivity contribution in [1.29, 1.82) is 0 Å². The molecule has 3 aromatic rings. The Morgan fingerprint density at radius 2 is 1.84 bits per heavy atom. The van der Waals surface area contributed by atoms with Gasteiger partial charge in [-0.3, -0.25) is 9.59 Å². The van der Waals surface area contributed by atoms with Gasteiger partial charge in [0.2, 0.25) is 5.88 Å². The molecule has 3 rings (SSSR count). The SMILES string of the molecule is Nc1ccc2c(C(=O)NCc3ccc(F)cc3)c(O)n(O)c(=O)c2c1. The fraction of sp³-hybridized carbons (Fsp3) is 0.0588.